The zero-order chi connectivity index (χ0) is 31.6. The fourth-order valence-corrected chi connectivity index (χ4v) is 7.16. The Bertz CT molecular complexity index is 2900. The summed E-state index contributed by atoms with van der Waals surface area (Å²) < 4.78 is 0. The van der Waals surface area contributed by atoms with Crippen LogP contribution in [-0.4, -0.2) is 19.9 Å². The molecule has 48 heavy (non-hydrogen) atoms. The van der Waals surface area contributed by atoms with Gasteiger partial charge in [-0.2, -0.15) is 0 Å². The molecule has 0 spiro atoms. The van der Waals surface area contributed by atoms with Gasteiger partial charge in [0.1, 0.15) is 0 Å². The third-order valence-electron chi connectivity index (χ3n) is 9.50. The molecule has 0 unspecified atom stereocenters. The van der Waals surface area contributed by atoms with Gasteiger partial charge in [0.15, 0.2) is 0 Å². The Morgan fingerprint density at radius 3 is 1.90 bits per heavy atom. The maximum atomic E-state index is 5.09. The summed E-state index contributed by atoms with van der Waals surface area (Å²) in [5, 5.41) is 9.34. The summed E-state index contributed by atoms with van der Waals surface area (Å²) >= 11 is 0. The Hall–Kier alpha value is -6.52. The second-order valence-corrected chi connectivity index (χ2v) is 12.3. The van der Waals surface area contributed by atoms with Crippen LogP contribution in [0.15, 0.2) is 158 Å². The molecule has 0 aliphatic heterocycles. The minimum Gasteiger partial charge on any atom is -0.255 e. The third-order valence-corrected chi connectivity index (χ3v) is 9.50. The molecule has 10 rings (SSSR count). The van der Waals surface area contributed by atoms with Crippen LogP contribution in [0.3, 0.4) is 0 Å². The first-order chi connectivity index (χ1) is 23.8. The number of pyridine rings is 4. The number of para-hydroxylation sites is 1. The lowest BCUT2D eigenvalue weighted by atomic mass is 9.92. The van der Waals surface area contributed by atoms with Crippen LogP contribution in [0, 0.1) is 0 Å². The molecule has 0 N–H and O–H groups in total. The number of fused-ring (bicyclic) bond motifs is 8. The van der Waals surface area contributed by atoms with Gasteiger partial charge in [-0.1, -0.05) is 97.1 Å². The van der Waals surface area contributed by atoms with Crippen molar-refractivity contribution in [2.75, 3.05) is 0 Å². The van der Waals surface area contributed by atoms with Crippen molar-refractivity contribution in [3.63, 3.8) is 0 Å². The maximum Gasteiger partial charge on any atom is 0.0978 e. The van der Waals surface area contributed by atoms with Gasteiger partial charge in [-0.3, -0.25) is 9.97 Å². The molecule has 4 heterocycles. The van der Waals surface area contributed by atoms with Crippen molar-refractivity contribution in [3.8, 4) is 33.6 Å². The number of rotatable bonds is 3. The van der Waals surface area contributed by atoms with Crippen molar-refractivity contribution in [3.05, 3.63) is 158 Å². The summed E-state index contributed by atoms with van der Waals surface area (Å²) in [6.45, 7) is 0. The SMILES string of the molecule is c1ccc(-c2ccc3ccc(-c4ccc5c(ccc6cc(-c7c8ccccc8nc8c7ccc7cccnc78)ccc65)c4)cc3n2)nc1. The molecule has 0 amide bonds. The van der Waals surface area contributed by atoms with Crippen molar-refractivity contribution in [1.29, 1.82) is 0 Å². The van der Waals surface area contributed by atoms with Crippen molar-refractivity contribution < 1.29 is 0 Å². The Kier molecular flexibility index (Phi) is 5.84. The Labute approximate surface area is 276 Å². The van der Waals surface area contributed by atoms with E-state index in [1.54, 1.807) is 6.20 Å². The van der Waals surface area contributed by atoms with Crippen LogP contribution in [0.4, 0.5) is 0 Å². The molecule has 6 aromatic carbocycles. The van der Waals surface area contributed by atoms with Gasteiger partial charge in [0.05, 0.1) is 33.5 Å². The van der Waals surface area contributed by atoms with Crippen LogP contribution < -0.4 is 0 Å². The van der Waals surface area contributed by atoms with Crippen molar-refractivity contribution in [2.24, 2.45) is 0 Å². The molecular weight excluding hydrogens is 585 g/mol. The first-order valence-corrected chi connectivity index (χ1v) is 16.1. The van der Waals surface area contributed by atoms with Crippen LogP contribution in [-0.2, 0) is 0 Å². The van der Waals surface area contributed by atoms with E-state index in [1.807, 2.05) is 36.5 Å². The van der Waals surface area contributed by atoms with Crippen LogP contribution in [0.25, 0.3) is 98.8 Å². The predicted octanol–water partition coefficient (Wildman–Crippen LogP) is 11.2. The zero-order valence-electron chi connectivity index (χ0n) is 25.8. The summed E-state index contributed by atoms with van der Waals surface area (Å²) in [7, 11) is 0. The predicted molar refractivity (Wildman–Crippen MR) is 199 cm³/mol. The van der Waals surface area contributed by atoms with Crippen molar-refractivity contribution >= 4 is 65.2 Å². The molecule has 0 aliphatic rings. The monoisotopic (exact) mass is 610 g/mol. The second-order valence-electron chi connectivity index (χ2n) is 12.3. The summed E-state index contributed by atoms with van der Waals surface area (Å²) in [4.78, 5) is 19.3. The minimum absolute atomic E-state index is 0.876. The van der Waals surface area contributed by atoms with E-state index < -0.39 is 0 Å². The highest BCUT2D eigenvalue weighted by Gasteiger charge is 2.15. The van der Waals surface area contributed by atoms with E-state index in [0.717, 1.165) is 60.6 Å². The van der Waals surface area contributed by atoms with Crippen molar-refractivity contribution in [2.45, 2.75) is 0 Å². The van der Waals surface area contributed by atoms with Crippen molar-refractivity contribution in [1.82, 2.24) is 19.9 Å². The Morgan fingerprint density at radius 1 is 0.333 bits per heavy atom. The minimum atomic E-state index is 0.876. The average molecular weight is 611 g/mol. The molecule has 10 aromatic rings. The smallest absolute Gasteiger partial charge is 0.0978 e. The van der Waals surface area contributed by atoms with E-state index >= 15 is 0 Å². The average Bonchev–Trinajstić information content (AvgIpc) is 3.16. The molecule has 0 saturated heterocycles. The van der Waals surface area contributed by atoms with E-state index in [1.165, 1.54) is 38.2 Å². The number of benzene rings is 6. The topological polar surface area (TPSA) is 51.6 Å². The van der Waals surface area contributed by atoms with E-state index in [4.69, 9.17) is 15.0 Å². The van der Waals surface area contributed by atoms with Gasteiger partial charge < -0.3 is 0 Å². The van der Waals surface area contributed by atoms with Gasteiger partial charge in [0.2, 0.25) is 0 Å². The summed E-state index contributed by atoms with van der Waals surface area (Å²) in [6.07, 6.45) is 3.65. The molecule has 4 nitrogen and oxygen atoms in total. The largest absolute Gasteiger partial charge is 0.255 e. The molecular formula is C44H26N4. The van der Waals surface area contributed by atoms with Gasteiger partial charge in [0, 0.05) is 39.5 Å². The van der Waals surface area contributed by atoms with Gasteiger partial charge in [-0.25, -0.2) is 9.97 Å². The molecule has 4 heteroatoms. The fraction of sp³-hybridized carbons (Fsp3) is 0. The molecule has 0 saturated carbocycles. The highest BCUT2D eigenvalue weighted by atomic mass is 14.8. The zero-order valence-corrected chi connectivity index (χ0v) is 25.8. The third kappa shape index (κ3) is 4.24. The van der Waals surface area contributed by atoms with Crippen LogP contribution in [0.1, 0.15) is 0 Å². The quantitative estimate of drug-likeness (QED) is 0.147. The highest BCUT2D eigenvalue weighted by molar-refractivity contribution is 6.17. The van der Waals surface area contributed by atoms with Crippen LogP contribution >= 0.6 is 0 Å². The highest BCUT2D eigenvalue weighted by Crippen LogP contribution is 2.39. The first-order valence-electron chi connectivity index (χ1n) is 16.1. The molecule has 0 radical (unpaired) electrons. The number of nitrogens with zero attached hydrogens (tertiary/aromatic N) is 4. The normalized spacial score (nSPS) is 11.8. The first kappa shape index (κ1) is 26.7. The number of aromatic nitrogens is 4. The van der Waals surface area contributed by atoms with E-state index in [0.29, 0.717) is 0 Å². The number of hydrogen-bond acceptors (Lipinski definition) is 4. The lowest BCUT2D eigenvalue weighted by molar-refractivity contribution is 1.28. The van der Waals surface area contributed by atoms with Gasteiger partial charge in [-0.15, -0.1) is 0 Å². The molecule has 4 aromatic heterocycles. The van der Waals surface area contributed by atoms with E-state index in [-0.39, 0.29) is 0 Å². The summed E-state index contributed by atoms with van der Waals surface area (Å²) in [5.41, 5.74) is 10.2. The van der Waals surface area contributed by atoms with Gasteiger partial charge in [0.25, 0.3) is 0 Å². The molecule has 0 bridgehead atoms. The number of hydrogen-bond donors (Lipinski definition) is 0. The van der Waals surface area contributed by atoms with Crippen LogP contribution in [0.5, 0.6) is 0 Å². The molecule has 0 fully saturated rings. The lowest BCUT2D eigenvalue weighted by Gasteiger charge is -2.14. The maximum absolute atomic E-state index is 5.09. The second kappa shape index (κ2) is 10.5. The van der Waals surface area contributed by atoms with Crippen LogP contribution in [0.2, 0.25) is 0 Å². The fourth-order valence-electron chi connectivity index (χ4n) is 7.16. The molecule has 0 aliphatic carbocycles. The van der Waals surface area contributed by atoms with Gasteiger partial charge in [-0.05, 0) is 86.8 Å². The van der Waals surface area contributed by atoms with E-state index in [2.05, 4.69) is 120 Å². The Morgan fingerprint density at radius 2 is 1.02 bits per heavy atom. The molecule has 0 atom stereocenters. The summed E-state index contributed by atoms with van der Waals surface area (Å²) in [6, 6.07) is 51.5. The lowest BCUT2D eigenvalue weighted by Crippen LogP contribution is -1.92. The Balaban J connectivity index is 1.09. The standard InChI is InChI=1S/C44H26N4/c1-2-8-38-36(7-1)42(37-20-14-28-6-5-23-46-43(28)44(37)48-38)33-16-19-35-32(25-33)13-12-31-24-29(15-18-34(31)35)30-11-10-27-17-21-40(47-41(27)26-30)39-9-3-4-22-45-39/h1-26H. The summed E-state index contributed by atoms with van der Waals surface area (Å²) in [5.74, 6) is 0. The van der Waals surface area contributed by atoms with Gasteiger partial charge >= 0.3 is 0 Å². The molecule has 222 valence electrons. The van der Waals surface area contributed by atoms with E-state index in [9.17, 15) is 0 Å².